The van der Waals surface area contributed by atoms with Crippen LogP contribution in [0.1, 0.15) is 65.7 Å². The number of alkyl halides is 3. The number of nitrogens with one attached hydrogen (secondary N) is 1. The third-order valence-corrected chi connectivity index (χ3v) is 4.47. The minimum atomic E-state index is -4.45. The largest absolute Gasteiger partial charge is 0.408 e. The molecule has 3 N–H and O–H groups in total. The molecule has 1 aliphatic rings. The van der Waals surface area contributed by atoms with Crippen molar-refractivity contribution >= 4 is 17.7 Å². The highest BCUT2D eigenvalue weighted by atomic mass is 19.4. The van der Waals surface area contributed by atoms with Crippen LogP contribution >= 0.6 is 0 Å². The Hall–Kier alpha value is -2.59. The van der Waals surface area contributed by atoms with Gasteiger partial charge in [-0.1, -0.05) is 39.5 Å². The fourth-order valence-corrected chi connectivity index (χ4v) is 2.96. The average Bonchev–Trinajstić information content (AvgIpc) is 3.33. The fraction of sp³-hybridized carbons (Fsp3) is 0.684. The van der Waals surface area contributed by atoms with Gasteiger partial charge in [-0.15, -0.1) is 0 Å². The van der Waals surface area contributed by atoms with Gasteiger partial charge in [-0.25, -0.2) is 0 Å². The van der Waals surface area contributed by atoms with Gasteiger partial charge in [0, 0.05) is 15.6 Å². The van der Waals surface area contributed by atoms with Gasteiger partial charge in [0.05, 0.1) is 6.54 Å². The van der Waals surface area contributed by atoms with Gasteiger partial charge in [0.15, 0.2) is 0 Å². The topological polar surface area (TPSA) is 110 Å². The minimum absolute atomic E-state index is 0. The second-order valence-electron chi connectivity index (χ2n) is 7.05. The van der Waals surface area contributed by atoms with Crippen LogP contribution in [0.3, 0.4) is 0 Å². The number of primary amides is 1. The van der Waals surface area contributed by atoms with Crippen LogP contribution in [0.2, 0.25) is 0 Å². The summed E-state index contributed by atoms with van der Waals surface area (Å²) in [6.07, 6.45) is 3.21. The van der Waals surface area contributed by atoms with E-state index < -0.39 is 43.0 Å². The maximum atomic E-state index is 12.2. The van der Waals surface area contributed by atoms with Crippen LogP contribution in [0.4, 0.5) is 13.2 Å². The van der Waals surface area contributed by atoms with Gasteiger partial charge in [-0.2, -0.15) is 18.3 Å². The molecule has 1 unspecified atom stereocenters. The molecule has 30 heavy (non-hydrogen) atoms. The van der Waals surface area contributed by atoms with E-state index in [-0.39, 0.29) is 8.55 Å². The van der Waals surface area contributed by atoms with E-state index in [9.17, 15) is 27.6 Å². The fourth-order valence-electron chi connectivity index (χ4n) is 2.96. The van der Waals surface area contributed by atoms with E-state index >= 15 is 0 Å². The molecule has 1 saturated heterocycles. The monoisotopic (exact) mass is 437 g/mol. The molecule has 1 aromatic rings. The van der Waals surface area contributed by atoms with E-state index in [0.717, 1.165) is 12.3 Å². The zero-order valence-electron chi connectivity index (χ0n) is 17.4. The number of carbonyl (C=O) groups excluding carboxylic acids is 3. The van der Waals surface area contributed by atoms with Gasteiger partial charge in [0.2, 0.25) is 11.8 Å². The molecule has 0 radical (unpaired) electrons. The van der Waals surface area contributed by atoms with Crippen molar-refractivity contribution in [3.63, 3.8) is 0 Å². The van der Waals surface area contributed by atoms with Crippen molar-refractivity contribution in [2.45, 2.75) is 71.1 Å². The van der Waals surface area contributed by atoms with Crippen LogP contribution in [-0.2, 0) is 16.1 Å². The van der Waals surface area contributed by atoms with Gasteiger partial charge < -0.3 is 16.0 Å². The Morgan fingerprint density at radius 1 is 1.27 bits per heavy atom. The Morgan fingerprint density at radius 2 is 1.90 bits per heavy atom. The number of nitrogens with two attached hydrogens (primary N) is 1. The summed E-state index contributed by atoms with van der Waals surface area (Å²) in [4.78, 5) is 36.4. The molecule has 1 aromatic heterocycles. The first-order chi connectivity index (χ1) is 14.1. The molecular formula is C19H34F3N5O3. The number of unbranched alkanes of at least 4 members (excludes halogenated alkanes) is 3. The summed E-state index contributed by atoms with van der Waals surface area (Å²) in [7, 11) is 0. The number of aromatic nitrogens is 2. The zero-order valence-corrected chi connectivity index (χ0v) is 17.4. The van der Waals surface area contributed by atoms with Crippen molar-refractivity contribution in [3.05, 3.63) is 18.0 Å². The predicted octanol–water partition coefficient (Wildman–Crippen LogP) is 2.73. The Balaban J connectivity index is 0. The van der Waals surface area contributed by atoms with Crippen molar-refractivity contribution in [1.29, 1.82) is 0 Å². The highest BCUT2D eigenvalue weighted by molar-refractivity contribution is 5.95. The summed E-state index contributed by atoms with van der Waals surface area (Å²) in [5, 5.41) is 5.77. The SMILES string of the molecule is CCCCCC.NC(=O)C1CCCN1C(=O)CNC(=O)c1ccn(CC(F)(F)F)n1.[HH].[HH]. The van der Waals surface area contributed by atoms with Crippen LogP contribution in [0.5, 0.6) is 0 Å². The molecule has 1 aliphatic heterocycles. The third-order valence-electron chi connectivity index (χ3n) is 4.47. The smallest absolute Gasteiger partial charge is 0.368 e. The Bertz CT molecular complexity index is 713. The molecule has 174 valence electrons. The van der Waals surface area contributed by atoms with Crippen LogP contribution in [0.15, 0.2) is 12.3 Å². The molecular weight excluding hydrogens is 403 g/mol. The van der Waals surface area contributed by atoms with Crippen LogP contribution in [0.25, 0.3) is 0 Å². The average molecular weight is 438 g/mol. The first kappa shape index (κ1) is 25.4. The minimum Gasteiger partial charge on any atom is -0.368 e. The molecule has 0 aliphatic carbocycles. The first-order valence-electron chi connectivity index (χ1n) is 10.1. The van der Waals surface area contributed by atoms with Crippen molar-refractivity contribution in [2.24, 2.45) is 5.73 Å². The molecule has 0 saturated carbocycles. The predicted molar refractivity (Wildman–Crippen MR) is 109 cm³/mol. The quantitative estimate of drug-likeness (QED) is 0.609. The second-order valence-corrected chi connectivity index (χ2v) is 7.05. The first-order valence-corrected chi connectivity index (χ1v) is 10.1. The van der Waals surface area contributed by atoms with E-state index in [2.05, 4.69) is 24.3 Å². The van der Waals surface area contributed by atoms with Gasteiger partial charge in [-0.3, -0.25) is 19.1 Å². The van der Waals surface area contributed by atoms with Crippen LogP contribution in [-0.4, -0.2) is 57.7 Å². The lowest BCUT2D eigenvalue weighted by Gasteiger charge is -2.22. The summed E-state index contributed by atoms with van der Waals surface area (Å²) in [5.41, 5.74) is 4.97. The normalized spacial score (nSPS) is 16.0. The molecule has 3 amide bonds. The summed E-state index contributed by atoms with van der Waals surface area (Å²) >= 11 is 0. The molecule has 0 bridgehead atoms. The summed E-state index contributed by atoms with van der Waals surface area (Å²) in [6, 6.07) is 0.425. The van der Waals surface area contributed by atoms with E-state index in [1.54, 1.807) is 0 Å². The van der Waals surface area contributed by atoms with Crippen molar-refractivity contribution in [1.82, 2.24) is 20.0 Å². The number of likely N-dealkylation sites (tertiary alicyclic amines) is 1. The standard InChI is InChI=1S/C13H16F3N5O3.C6H14.2H2/c14-13(15,16)7-20-5-3-8(19-20)12(24)18-6-10(22)21-4-1-2-9(21)11(17)23;1-3-5-6-4-2;;/h3,5,9H,1-2,4,6-7H2,(H2,17,23)(H,18,24);3-6H2,1-2H3;2*1H. The molecule has 8 nitrogen and oxygen atoms in total. The highest BCUT2D eigenvalue weighted by Crippen LogP contribution is 2.17. The molecule has 1 atom stereocenters. The van der Waals surface area contributed by atoms with Gasteiger partial charge in [0.1, 0.15) is 18.3 Å². The molecule has 1 fully saturated rings. The number of rotatable bonds is 8. The highest BCUT2D eigenvalue weighted by Gasteiger charge is 2.32. The second kappa shape index (κ2) is 12.2. The molecule has 11 heteroatoms. The molecule has 2 rings (SSSR count). The Kier molecular flexibility index (Phi) is 10.3. The van der Waals surface area contributed by atoms with E-state index in [4.69, 9.17) is 5.73 Å². The number of hydrogen-bond donors (Lipinski definition) is 2. The summed E-state index contributed by atoms with van der Waals surface area (Å²) < 4.78 is 37.3. The Morgan fingerprint density at radius 3 is 2.43 bits per heavy atom. The van der Waals surface area contributed by atoms with Crippen molar-refractivity contribution < 1.29 is 30.4 Å². The van der Waals surface area contributed by atoms with E-state index in [0.29, 0.717) is 24.1 Å². The van der Waals surface area contributed by atoms with Gasteiger partial charge in [-0.05, 0) is 18.9 Å². The maximum Gasteiger partial charge on any atom is 0.408 e. The maximum absolute atomic E-state index is 12.2. The summed E-state index contributed by atoms with van der Waals surface area (Å²) in [6.45, 7) is 3.12. The van der Waals surface area contributed by atoms with Crippen molar-refractivity contribution in [2.75, 3.05) is 13.1 Å². The molecule has 2 heterocycles. The lowest BCUT2D eigenvalue weighted by Crippen LogP contribution is -2.47. The molecule has 0 spiro atoms. The number of hydrogen-bond acceptors (Lipinski definition) is 4. The Labute approximate surface area is 176 Å². The number of nitrogens with zero attached hydrogens (tertiary/aromatic N) is 3. The number of halogens is 3. The third kappa shape index (κ3) is 8.83. The molecule has 0 aromatic carbocycles. The van der Waals surface area contributed by atoms with E-state index in [1.165, 1.54) is 30.6 Å². The lowest BCUT2D eigenvalue weighted by atomic mass is 10.2. The number of carbonyl (C=O) groups is 3. The summed E-state index contributed by atoms with van der Waals surface area (Å²) in [5.74, 6) is -1.88. The van der Waals surface area contributed by atoms with Gasteiger partial charge in [0.25, 0.3) is 5.91 Å². The zero-order chi connectivity index (χ0) is 22.7. The van der Waals surface area contributed by atoms with Gasteiger partial charge >= 0.3 is 6.18 Å². The van der Waals surface area contributed by atoms with Crippen LogP contribution < -0.4 is 11.1 Å². The van der Waals surface area contributed by atoms with E-state index in [1.807, 2.05) is 0 Å². The van der Waals surface area contributed by atoms with Crippen molar-refractivity contribution in [3.8, 4) is 0 Å². The lowest BCUT2D eigenvalue weighted by molar-refractivity contribution is -0.142. The number of amides is 3. The van der Waals surface area contributed by atoms with Crippen LogP contribution in [0, 0.1) is 0 Å².